The van der Waals surface area contributed by atoms with E-state index in [0.717, 1.165) is 24.5 Å². The fourth-order valence-electron chi connectivity index (χ4n) is 1.94. The fraction of sp³-hybridized carbons (Fsp3) is 0.923. The third kappa shape index (κ3) is 6.61. The molecule has 0 saturated carbocycles. The maximum absolute atomic E-state index is 11.5. The van der Waals surface area contributed by atoms with Gasteiger partial charge in [0, 0.05) is 18.9 Å². The molecule has 0 aliphatic carbocycles. The van der Waals surface area contributed by atoms with Crippen LogP contribution < -0.4 is 5.32 Å². The summed E-state index contributed by atoms with van der Waals surface area (Å²) in [5.41, 5.74) is -0.768. The van der Waals surface area contributed by atoms with E-state index in [0.29, 0.717) is 12.8 Å². The summed E-state index contributed by atoms with van der Waals surface area (Å²) in [6, 6.07) is 0.183. The number of nitrogens with one attached hydrogen (secondary N) is 1. The standard InChI is InChI=1S/C13H27NO3S/c1-5-13(12(15)16,14-11(2)3)7-6-9-18-10-8-17-4/h11,14H,5-10H2,1-4H3,(H,15,16). The molecule has 0 aromatic heterocycles. The maximum atomic E-state index is 11.5. The molecule has 2 N–H and O–H groups in total. The van der Waals surface area contributed by atoms with E-state index in [9.17, 15) is 9.90 Å². The van der Waals surface area contributed by atoms with Crippen molar-refractivity contribution >= 4 is 17.7 Å². The third-order valence-corrected chi connectivity index (χ3v) is 3.93. The molecule has 4 nitrogen and oxygen atoms in total. The molecule has 0 aliphatic heterocycles. The van der Waals surface area contributed by atoms with E-state index >= 15 is 0 Å². The Bertz CT molecular complexity index is 236. The van der Waals surface area contributed by atoms with Crippen molar-refractivity contribution < 1.29 is 14.6 Å². The Labute approximate surface area is 115 Å². The van der Waals surface area contributed by atoms with Crippen molar-refractivity contribution in [3.05, 3.63) is 0 Å². The van der Waals surface area contributed by atoms with E-state index in [1.807, 2.05) is 32.5 Å². The quantitative estimate of drug-likeness (QED) is 0.568. The van der Waals surface area contributed by atoms with Crippen molar-refractivity contribution in [2.45, 2.75) is 51.6 Å². The van der Waals surface area contributed by atoms with Gasteiger partial charge in [0.2, 0.25) is 0 Å². The molecule has 18 heavy (non-hydrogen) atoms. The fourth-order valence-corrected chi connectivity index (χ4v) is 2.78. The smallest absolute Gasteiger partial charge is 0.323 e. The zero-order valence-electron chi connectivity index (χ0n) is 12.0. The number of rotatable bonds is 11. The van der Waals surface area contributed by atoms with Crippen molar-refractivity contribution in [1.82, 2.24) is 5.32 Å². The molecule has 0 spiro atoms. The van der Waals surface area contributed by atoms with Gasteiger partial charge in [-0.25, -0.2) is 0 Å². The number of carboxylic acid groups (broad SMARTS) is 1. The summed E-state index contributed by atoms with van der Waals surface area (Å²) in [5, 5.41) is 12.6. The van der Waals surface area contributed by atoms with Crippen LogP contribution in [0.1, 0.15) is 40.0 Å². The van der Waals surface area contributed by atoms with Crippen molar-refractivity contribution in [3.63, 3.8) is 0 Å². The van der Waals surface area contributed by atoms with Gasteiger partial charge in [-0.1, -0.05) is 6.92 Å². The summed E-state index contributed by atoms with van der Waals surface area (Å²) in [5.74, 6) is 1.22. The maximum Gasteiger partial charge on any atom is 0.323 e. The molecule has 0 bridgehead atoms. The van der Waals surface area contributed by atoms with Crippen LogP contribution in [-0.2, 0) is 9.53 Å². The molecule has 0 aliphatic rings. The van der Waals surface area contributed by atoms with Crippen LogP contribution in [0.3, 0.4) is 0 Å². The lowest BCUT2D eigenvalue weighted by Crippen LogP contribution is -2.54. The van der Waals surface area contributed by atoms with Gasteiger partial charge in [-0.05, 0) is 38.9 Å². The SMILES string of the molecule is CCC(CCCSCCOC)(NC(C)C)C(=O)O. The first-order valence-electron chi connectivity index (χ1n) is 6.56. The van der Waals surface area contributed by atoms with E-state index in [1.165, 1.54) is 0 Å². The number of methoxy groups -OCH3 is 1. The number of carboxylic acids is 1. The Morgan fingerprint density at radius 1 is 1.44 bits per heavy atom. The second-order valence-electron chi connectivity index (χ2n) is 4.75. The van der Waals surface area contributed by atoms with Crippen LogP contribution in [0, 0.1) is 0 Å². The average molecular weight is 277 g/mol. The Hall–Kier alpha value is -0.260. The highest BCUT2D eigenvalue weighted by Gasteiger charge is 2.36. The molecule has 0 saturated heterocycles. The van der Waals surface area contributed by atoms with Gasteiger partial charge in [0.15, 0.2) is 0 Å². The predicted molar refractivity (Wildman–Crippen MR) is 77.4 cm³/mol. The van der Waals surface area contributed by atoms with Crippen LogP contribution in [-0.4, -0.2) is 47.9 Å². The summed E-state index contributed by atoms with van der Waals surface area (Å²) in [6.07, 6.45) is 2.20. The minimum atomic E-state index is -0.768. The van der Waals surface area contributed by atoms with Crippen LogP contribution in [0.2, 0.25) is 0 Å². The number of aliphatic carboxylic acids is 1. The monoisotopic (exact) mass is 277 g/mol. The highest BCUT2D eigenvalue weighted by Crippen LogP contribution is 2.20. The van der Waals surface area contributed by atoms with Crippen LogP contribution in [0.5, 0.6) is 0 Å². The minimum absolute atomic E-state index is 0.183. The van der Waals surface area contributed by atoms with Gasteiger partial charge in [-0.2, -0.15) is 11.8 Å². The lowest BCUT2D eigenvalue weighted by atomic mass is 9.90. The molecule has 0 aromatic rings. The van der Waals surface area contributed by atoms with E-state index in [2.05, 4.69) is 5.32 Å². The molecule has 1 unspecified atom stereocenters. The van der Waals surface area contributed by atoms with Crippen LogP contribution in [0.15, 0.2) is 0 Å². The van der Waals surface area contributed by atoms with Crippen molar-refractivity contribution in [1.29, 1.82) is 0 Å². The largest absolute Gasteiger partial charge is 0.480 e. The number of hydrogen-bond acceptors (Lipinski definition) is 4. The highest BCUT2D eigenvalue weighted by atomic mass is 32.2. The second kappa shape index (κ2) is 9.64. The third-order valence-electron chi connectivity index (χ3n) is 2.90. The summed E-state index contributed by atoms with van der Waals surface area (Å²) >= 11 is 1.81. The first-order valence-corrected chi connectivity index (χ1v) is 7.71. The van der Waals surface area contributed by atoms with Crippen LogP contribution >= 0.6 is 11.8 Å². The Balaban J connectivity index is 4.12. The van der Waals surface area contributed by atoms with Gasteiger partial charge in [-0.3, -0.25) is 10.1 Å². The van der Waals surface area contributed by atoms with Gasteiger partial charge in [-0.15, -0.1) is 0 Å². The zero-order valence-corrected chi connectivity index (χ0v) is 12.8. The molecule has 0 heterocycles. The molecule has 1 atom stereocenters. The molecule has 5 heteroatoms. The lowest BCUT2D eigenvalue weighted by molar-refractivity contribution is -0.145. The summed E-state index contributed by atoms with van der Waals surface area (Å²) < 4.78 is 4.97. The number of hydrogen-bond donors (Lipinski definition) is 2. The Kier molecular flexibility index (Phi) is 9.50. The second-order valence-corrected chi connectivity index (χ2v) is 5.97. The van der Waals surface area contributed by atoms with Crippen molar-refractivity contribution in [2.75, 3.05) is 25.2 Å². The summed E-state index contributed by atoms with van der Waals surface area (Å²) in [7, 11) is 1.69. The predicted octanol–water partition coefficient (Wildman–Crippen LogP) is 2.38. The highest BCUT2D eigenvalue weighted by molar-refractivity contribution is 7.99. The molecule has 0 rings (SSSR count). The van der Waals surface area contributed by atoms with Gasteiger partial charge < -0.3 is 9.84 Å². The molecule has 0 radical (unpaired) electrons. The first kappa shape index (κ1) is 17.7. The molecule has 0 fully saturated rings. The van der Waals surface area contributed by atoms with Crippen LogP contribution in [0.25, 0.3) is 0 Å². The Morgan fingerprint density at radius 3 is 2.56 bits per heavy atom. The lowest BCUT2D eigenvalue weighted by Gasteiger charge is -2.31. The molecule has 108 valence electrons. The number of carbonyl (C=O) groups is 1. The van der Waals surface area contributed by atoms with Gasteiger partial charge in [0.1, 0.15) is 5.54 Å². The topological polar surface area (TPSA) is 58.6 Å². The number of ether oxygens (including phenoxy) is 1. The van der Waals surface area contributed by atoms with Gasteiger partial charge in [0.25, 0.3) is 0 Å². The molecular weight excluding hydrogens is 250 g/mol. The van der Waals surface area contributed by atoms with E-state index < -0.39 is 11.5 Å². The van der Waals surface area contributed by atoms with Crippen molar-refractivity contribution in [2.24, 2.45) is 0 Å². The van der Waals surface area contributed by atoms with Gasteiger partial charge in [0.05, 0.1) is 6.61 Å². The molecule has 0 amide bonds. The number of thioether (sulfide) groups is 1. The summed E-state index contributed by atoms with van der Waals surface area (Å²) in [6.45, 7) is 6.66. The Morgan fingerprint density at radius 2 is 2.11 bits per heavy atom. The molecule has 0 aromatic carbocycles. The zero-order chi connectivity index (χ0) is 14.0. The minimum Gasteiger partial charge on any atom is -0.480 e. The van der Waals surface area contributed by atoms with Gasteiger partial charge >= 0.3 is 5.97 Å². The van der Waals surface area contributed by atoms with E-state index in [1.54, 1.807) is 7.11 Å². The average Bonchev–Trinajstić information content (AvgIpc) is 2.31. The molecular formula is C13H27NO3S. The van der Waals surface area contributed by atoms with E-state index in [-0.39, 0.29) is 6.04 Å². The van der Waals surface area contributed by atoms with Crippen LogP contribution in [0.4, 0.5) is 0 Å². The first-order chi connectivity index (χ1) is 8.48. The summed E-state index contributed by atoms with van der Waals surface area (Å²) in [4.78, 5) is 11.5. The normalized spacial score (nSPS) is 14.7. The van der Waals surface area contributed by atoms with Crippen molar-refractivity contribution in [3.8, 4) is 0 Å². The van der Waals surface area contributed by atoms with E-state index in [4.69, 9.17) is 4.74 Å².